The molecule has 1 aliphatic carbocycles. The molecule has 0 bridgehead atoms. The average molecular weight is 256 g/mol. The standard InChI is InChI=1S/C10H10BrNO2/c11-7-3-10-9(13-4-14-10)2-5(7)6-1-8(6)12/h2-3,6,8H,1,4,12H2. The lowest BCUT2D eigenvalue weighted by atomic mass is 10.1. The van der Waals surface area contributed by atoms with Gasteiger partial charge in [-0.15, -0.1) is 0 Å². The Morgan fingerprint density at radius 2 is 1.93 bits per heavy atom. The first kappa shape index (κ1) is 8.56. The third kappa shape index (κ3) is 1.21. The Bertz CT molecular complexity index is 394. The zero-order valence-electron chi connectivity index (χ0n) is 7.50. The maximum absolute atomic E-state index is 5.82. The highest BCUT2D eigenvalue weighted by atomic mass is 79.9. The van der Waals surface area contributed by atoms with Crippen LogP contribution in [0.1, 0.15) is 17.9 Å². The summed E-state index contributed by atoms with van der Waals surface area (Å²) in [6.07, 6.45) is 1.07. The van der Waals surface area contributed by atoms with Gasteiger partial charge in [0.25, 0.3) is 0 Å². The highest BCUT2D eigenvalue weighted by Crippen LogP contribution is 2.47. The lowest BCUT2D eigenvalue weighted by Gasteiger charge is -2.04. The second-order valence-corrected chi connectivity index (χ2v) is 4.59. The second-order valence-electron chi connectivity index (χ2n) is 3.73. The Hall–Kier alpha value is -0.740. The maximum Gasteiger partial charge on any atom is 0.231 e. The van der Waals surface area contributed by atoms with Gasteiger partial charge in [-0.2, -0.15) is 0 Å². The van der Waals surface area contributed by atoms with Gasteiger partial charge in [-0.25, -0.2) is 0 Å². The summed E-state index contributed by atoms with van der Waals surface area (Å²) >= 11 is 3.53. The summed E-state index contributed by atoms with van der Waals surface area (Å²) in [6, 6.07) is 4.30. The van der Waals surface area contributed by atoms with Crippen molar-refractivity contribution in [3.8, 4) is 11.5 Å². The van der Waals surface area contributed by atoms with E-state index in [9.17, 15) is 0 Å². The summed E-state index contributed by atoms with van der Waals surface area (Å²) in [4.78, 5) is 0. The molecule has 1 aromatic rings. The van der Waals surface area contributed by atoms with Crippen molar-refractivity contribution in [1.82, 2.24) is 0 Å². The molecular weight excluding hydrogens is 246 g/mol. The van der Waals surface area contributed by atoms with Crippen molar-refractivity contribution in [2.75, 3.05) is 6.79 Å². The minimum absolute atomic E-state index is 0.312. The van der Waals surface area contributed by atoms with Crippen LogP contribution in [0.5, 0.6) is 11.5 Å². The molecular formula is C10H10BrNO2. The summed E-state index contributed by atoms with van der Waals surface area (Å²) in [7, 11) is 0. The van der Waals surface area contributed by atoms with E-state index in [2.05, 4.69) is 15.9 Å². The van der Waals surface area contributed by atoms with E-state index in [1.165, 1.54) is 5.56 Å². The number of fused-ring (bicyclic) bond motifs is 1. The van der Waals surface area contributed by atoms with Gasteiger partial charge in [0.1, 0.15) is 0 Å². The van der Waals surface area contributed by atoms with E-state index in [0.29, 0.717) is 18.8 Å². The number of nitrogens with two attached hydrogens (primary N) is 1. The van der Waals surface area contributed by atoms with Gasteiger partial charge in [-0.1, -0.05) is 15.9 Å². The van der Waals surface area contributed by atoms with Crippen LogP contribution in [-0.2, 0) is 0 Å². The van der Waals surface area contributed by atoms with Gasteiger partial charge in [0, 0.05) is 16.4 Å². The monoisotopic (exact) mass is 255 g/mol. The molecule has 4 heteroatoms. The van der Waals surface area contributed by atoms with Crippen LogP contribution in [0.4, 0.5) is 0 Å². The smallest absolute Gasteiger partial charge is 0.231 e. The molecule has 2 aliphatic rings. The predicted molar refractivity (Wildman–Crippen MR) is 55.6 cm³/mol. The first-order chi connectivity index (χ1) is 6.75. The molecule has 0 amide bonds. The molecule has 3 rings (SSSR count). The van der Waals surface area contributed by atoms with E-state index in [0.717, 1.165) is 22.4 Å². The number of hydrogen-bond acceptors (Lipinski definition) is 3. The maximum atomic E-state index is 5.82. The highest BCUT2D eigenvalue weighted by Gasteiger charge is 2.37. The van der Waals surface area contributed by atoms with E-state index in [1.807, 2.05) is 12.1 Å². The molecule has 1 fully saturated rings. The van der Waals surface area contributed by atoms with Crippen LogP contribution in [0.25, 0.3) is 0 Å². The van der Waals surface area contributed by atoms with Gasteiger partial charge in [0.15, 0.2) is 11.5 Å². The summed E-state index contributed by atoms with van der Waals surface area (Å²) in [5, 5.41) is 0. The Morgan fingerprint density at radius 1 is 1.29 bits per heavy atom. The van der Waals surface area contributed by atoms with Crippen LogP contribution in [0, 0.1) is 0 Å². The first-order valence-corrected chi connectivity index (χ1v) is 5.39. The average Bonchev–Trinajstić information content (AvgIpc) is 2.71. The van der Waals surface area contributed by atoms with Gasteiger partial charge in [0.05, 0.1) is 0 Å². The molecule has 2 atom stereocenters. The molecule has 0 radical (unpaired) electrons. The van der Waals surface area contributed by atoms with Crippen LogP contribution in [-0.4, -0.2) is 12.8 Å². The van der Waals surface area contributed by atoms with Crippen LogP contribution in [0.15, 0.2) is 16.6 Å². The molecule has 3 nitrogen and oxygen atoms in total. The Balaban J connectivity index is 2.04. The van der Waals surface area contributed by atoms with Crippen LogP contribution >= 0.6 is 15.9 Å². The predicted octanol–water partition coefficient (Wildman–Crippen LogP) is 1.99. The van der Waals surface area contributed by atoms with E-state index < -0.39 is 0 Å². The third-order valence-corrected chi connectivity index (χ3v) is 3.42. The number of ether oxygens (including phenoxy) is 2. The topological polar surface area (TPSA) is 44.5 Å². The number of halogens is 1. The van der Waals surface area contributed by atoms with Crippen LogP contribution < -0.4 is 15.2 Å². The molecule has 0 saturated heterocycles. The van der Waals surface area contributed by atoms with Gasteiger partial charge in [-0.3, -0.25) is 0 Å². The van der Waals surface area contributed by atoms with E-state index in [1.54, 1.807) is 0 Å². The summed E-state index contributed by atoms with van der Waals surface area (Å²) < 4.78 is 11.7. The molecule has 2 N–H and O–H groups in total. The number of benzene rings is 1. The quantitative estimate of drug-likeness (QED) is 0.835. The normalized spacial score (nSPS) is 27.9. The lowest BCUT2D eigenvalue weighted by Crippen LogP contribution is -2.01. The van der Waals surface area contributed by atoms with Crippen molar-refractivity contribution in [2.45, 2.75) is 18.4 Å². The van der Waals surface area contributed by atoms with Crippen LogP contribution in [0.2, 0.25) is 0 Å². The van der Waals surface area contributed by atoms with Crippen LogP contribution in [0.3, 0.4) is 0 Å². The number of hydrogen-bond donors (Lipinski definition) is 1. The minimum Gasteiger partial charge on any atom is -0.454 e. The first-order valence-electron chi connectivity index (χ1n) is 4.60. The van der Waals surface area contributed by atoms with Gasteiger partial charge >= 0.3 is 0 Å². The van der Waals surface area contributed by atoms with Gasteiger partial charge < -0.3 is 15.2 Å². The Morgan fingerprint density at radius 3 is 2.57 bits per heavy atom. The number of rotatable bonds is 1. The van der Waals surface area contributed by atoms with Crippen molar-refractivity contribution >= 4 is 15.9 Å². The second kappa shape index (κ2) is 2.87. The summed E-state index contributed by atoms with van der Waals surface area (Å²) in [5.41, 5.74) is 7.06. The van der Waals surface area contributed by atoms with E-state index in [-0.39, 0.29) is 0 Å². The fourth-order valence-electron chi connectivity index (χ4n) is 1.79. The van der Waals surface area contributed by atoms with Crippen molar-refractivity contribution < 1.29 is 9.47 Å². The van der Waals surface area contributed by atoms with Crippen molar-refractivity contribution in [1.29, 1.82) is 0 Å². The van der Waals surface area contributed by atoms with Crippen molar-refractivity contribution in [2.24, 2.45) is 5.73 Å². The molecule has 2 unspecified atom stereocenters. The zero-order valence-corrected chi connectivity index (χ0v) is 9.08. The molecule has 74 valence electrons. The highest BCUT2D eigenvalue weighted by molar-refractivity contribution is 9.10. The molecule has 14 heavy (non-hydrogen) atoms. The fraction of sp³-hybridized carbons (Fsp3) is 0.400. The zero-order chi connectivity index (χ0) is 9.71. The summed E-state index contributed by atoms with van der Waals surface area (Å²) in [5.74, 6) is 2.14. The largest absolute Gasteiger partial charge is 0.454 e. The van der Waals surface area contributed by atoms with Gasteiger partial charge in [0.2, 0.25) is 6.79 Å². The fourth-order valence-corrected chi connectivity index (χ4v) is 2.41. The lowest BCUT2D eigenvalue weighted by molar-refractivity contribution is 0.174. The van der Waals surface area contributed by atoms with E-state index in [4.69, 9.17) is 15.2 Å². The summed E-state index contributed by atoms with van der Waals surface area (Å²) in [6.45, 7) is 0.321. The molecule has 1 saturated carbocycles. The molecule has 1 aliphatic heterocycles. The minimum atomic E-state index is 0.312. The van der Waals surface area contributed by atoms with Gasteiger partial charge in [-0.05, 0) is 24.1 Å². The molecule has 1 aromatic carbocycles. The Labute approximate surface area is 90.3 Å². The molecule has 0 spiro atoms. The molecule has 0 aromatic heterocycles. The van der Waals surface area contributed by atoms with Crippen molar-refractivity contribution in [3.05, 3.63) is 22.2 Å². The van der Waals surface area contributed by atoms with Crippen molar-refractivity contribution in [3.63, 3.8) is 0 Å². The Kier molecular flexibility index (Phi) is 1.76. The SMILES string of the molecule is NC1CC1c1cc2c(cc1Br)OCO2. The molecule has 1 heterocycles. The van der Waals surface area contributed by atoms with E-state index >= 15 is 0 Å². The third-order valence-electron chi connectivity index (χ3n) is 2.73.